The summed E-state index contributed by atoms with van der Waals surface area (Å²) in [7, 11) is 0. The predicted octanol–water partition coefficient (Wildman–Crippen LogP) is 4.98. The van der Waals surface area contributed by atoms with Crippen LogP contribution in [0.4, 0.5) is 0 Å². The van der Waals surface area contributed by atoms with Gasteiger partial charge in [-0.1, -0.05) is 41.9 Å². The minimum absolute atomic E-state index is 0.0198. The second kappa shape index (κ2) is 9.44. The first-order chi connectivity index (χ1) is 14.5. The minimum atomic E-state index is -1.14. The summed E-state index contributed by atoms with van der Waals surface area (Å²) in [5, 5.41) is 20.0. The standard InChI is InChI=1S/C23H20ClN2O4/c1-3-26-22-18(12-25)21(20(23(27)28)14(2)30-22)15-8-10-17(11-9-15)29-13-16-6-4-5-7-19(16)24/h4-11,21H,3,13H2,1-2H3,(H,27,28)/q-1. The van der Waals surface area contributed by atoms with Crippen molar-refractivity contribution >= 4 is 29.3 Å². The zero-order chi connectivity index (χ0) is 21.7. The lowest BCUT2D eigenvalue weighted by Crippen LogP contribution is -2.27. The molecular formula is C23H20ClN2O4-. The molecule has 0 amide bonds. The van der Waals surface area contributed by atoms with Crippen LogP contribution in [0.2, 0.25) is 5.02 Å². The van der Waals surface area contributed by atoms with Gasteiger partial charge in [0.1, 0.15) is 18.1 Å². The van der Waals surface area contributed by atoms with E-state index >= 15 is 0 Å². The summed E-state index contributed by atoms with van der Waals surface area (Å²) in [6, 6.07) is 14.4. The molecule has 2 aromatic rings. The van der Waals surface area contributed by atoms with Crippen LogP contribution in [0.15, 0.2) is 70.4 Å². The van der Waals surface area contributed by atoms with E-state index in [1.807, 2.05) is 25.1 Å². The van der Waals surface area contributed by atoms with Crippen molar-refractivity contribution in [2.24, 2.45) is 4.99 Å². The number of carboxylic acid groups (broad SMARTS) is 1. The van der Waals surface area contributed by atoms with E-state index in [2.05, 4.69) is 10.9 Å². The maximum Gasteiger partial charge on any atom is 0.336 e. The summed E-state index contributed by atoms with van der Waals surface area (Å²) < 4.78 is 11.3. The van der Waals surface area contributed by atoms with Crippen LogP contribution in [0.1, 0.15) is 30.9 Å². The molecule has 3 rings (SSSR count). The zero-order valence-corrected chi connectivity index (χ0v) is 17.3. The Morgan fingerprint density at radius 1 is 1.27 bits per heavy atom. The highest BCUT2D eigenvalue weighted by molar-refractivity contribution is 6.31. The van der Waals surface area contributed by atoms with Crippen molar-refractivity contribution < 1.29 is 19.4 Å². The highest BCUT2D eigenvalue weighted by atomic mass is 35.5. The van der Waals surface area contributed by atoms with Gasteiger partial charge in [-0.2, -0.15) is 0 Å². The number of rotatable bonds is 6. The predicted molar refractivity (Wildman–Crippen MR) is 116 cm³/mol. The van der Waals surface area contributed by atoms with Crippen molar-refractivity contribution in [2.45, 2.75) is 26.4 Å². The number of halogens is 1. The third-order valence-corrected chi connectivity index (χ3v) is 5.02. The summed E-state index contributed by atoms with van der Waals surface area (Å²) in [6.07, 6.45) is 0. The maximum atomic E-state index is 11.9. The highest BCUT2D eigenvalue weighted by Gasteiger charge is 2.36. The van der Waals surface area contributed by atoms with Gasteiger partial charge in [0.05, 0.1) is 11.5 Å². The molecule has 0 aromatic heterocycles. The molecule has 0 aliphatic carbocycles. The average molecular weight is 424 g/mol. The van der Waals surface area contributed by atoms with Gasteiger partial charge in [-0.05, 0) is 37.6 Å². The molecule has 1 aliphatic rings. The van der Waals surface area contributed by atoms with Gasteiger partial charge in [-0.15, -0.1) is 0 Å². The van der Waals surface area contributed by atoms with Gasteiger partial charge in [0.2, 0.25) is 5.90 Å². The Balaban J connectivity index is 1.91. The number of aliphatic carboxylic acids is 1. The number of allylic oxidation sites excluding steroid dienone is 1. The van der Waals surface area contributed by atoms with Gasteiger partial charge in [-0.3, -0.25) is 10.9 Å². The number of nitrogens with zero attached hydrogens (tertiary/aromatic N) is 2. The van der Waals surface area contributed by atoms with Crippen LogP contribution < -0.4 is 4.74 Å². The third kappa shape index (κ3) is 4.46. The first-order valence-electron chi connectivity index (χ1n) is 9.36. The molecule has 30 heavy (non-hydrogen) atoms. The fourth-order valence-corrected chi connectivity index (χ4v) is 3.43. The Morgan fingerprint density at radius 2 is 1.97 bits per heavy atom. The molecule has 0 fully saturated rings. The summed E-state index contributed by atoms with van der Waals surface area (Å²) in [4.78, 5) is 16.1. The largest absolute Gasteiger partial charge is 0.763 e. The van der Waals surface area contributed by atoms with E-state index in [4.69, 9.17) is 21.1 Å². The molecule has 7 heteroatoms. The molecule has 0 saturated heterocycles. The molecule has 2 aromatic carbocycles. The van der Waals surface area contributed by atoms with Gasteiger partial charge in [-0.25, -0.2) is 4.79 Å². The zero-order valence-electron chi connectivity index (χ0n) is 16.6. The molecule has 154 valence electrons. The molecule has 1 heterocycles. The Labute approximate surface area is 179 Å². The van der Waals surface area contributed by atoms with Crippen molar-refractivity contribution in [3.63, 3.8) is 0 Å². The maximum absolute atomic E-state index is 11.9. The van der Waals surface area contributed by atoms with E-state index in [1.54, 1.807) is 37.3 Å². The lowest BCUT2D eigenvalue weighted by Gasteiger charge is -2.29. The summed E-state index contributed by atoms with van der Waals surface area (Å²) in [5.74, 6) is 1.14. The third-order valence-electron chi connectivity index (χ3n) is 4.66. The Morgan fingerprint density at radius 3 is 2.57 bits per heavy atom. The fraction of sp³-hybridized carbons (Fsp3) is 0.217. The number of carboxylic acids is 1. The van der Waals surface area contributed by atoms with E-state index in [0.717, 1.165) is 5.56 Å². The number of ether oxygens (including phenoxy) is 2. The SMILES string of the molecule is CCN=C1OC(C)=C(C(=O)O)C(c2ccc(OCc3ccccc3Cl)cc2)C1=C=[N-]. The van der Waals surface area contributed by atoms with E-state index in [9.17, 15) is 15.3 Å². The average Bonchev–Trinajstić information content (AvgIpc) is 2.73. The topological polar surface area (TPSA) is 90.4 Å². The minimum Gasteiger partial charge on any atom is -0.763 e. The van der Waals surface area contributed by atoms with Gasteiger partial charge in [0, 0.05) is 22.7 Å². The molecular weight excluding hydrogens is 404 g/mol. The molecule has 1 atom stereocenters. The number of benzene rings is 2. The lowest BCUT2D eigenvalue weighted by atomic mass is 9.82. The quantitative estimate of drug-likeness (QED) is 0.663. The summed E-state index contributed by atoms with van der Waals surface area (Å²) in [5.41, 5.74) is 1.69. The normalized spacial score (nSPS) is 17.5. The first-order valence-corrected chi connectivity index (χ1v) is 9.73. The number of carbonyl (C=O) groups is 1. The van der Waals surface area contributed by atoms with Crippen LogP contribution in [-0.4, -0.2) is 29.4 Å². The van der Waals surface area contributed by atoms with Gasteiger partial charge < -0.3 is 20.0 Å². The van der Waals surface area contributed by atoms with Gasteiger partial charge >= 0.3 is 5.97 Å². The molecule has 0 spiro atoms. The van der Waals surface area contributed by atoms with Crippen molar-refractivity contribution in [3.05, 3.63) is 87.0 Å². The second-order valence-electron chi connectivity index (χ2n) is 6.56. The van der Waals surface area contributed by atoms with Crippen molar-refractivity contribution in [2.75, 3.05) is 6.54 Å². The smallest absolute Gasteiger partial charge is 0.336 e. The van der Waals surface area contributed by atoms with Crippen molar-refractivity contribution in [1.29, 1.82) is 0 Å². The van der Waals surface area contributed by atoms with Crippen molar-refractivity contribution in [3.8, 4) is 5.75 Å². The Kier molecular flexibility index (Phi) is 6.72. The molecule has 1 unspecified atom stereocenters. The highest BCUT2D eigenvalue weighted by Crippen LogP contribution is 2.38. The van der Waals surface area contributed by atoms with E-state index in [1.165, 1.54) is 0 Å². The number of hydrogen-bond acceptors (Lipinski definition) is 4. The van der Waals surface area contributed by atoms with E-state index in [0.29, 0.717) is 29.5 Å². The molecule has 1 aliphatic heterocycles. The number of hydrogen-bond donors (Lipinski definition) is 1. The summed E-state index contributed by atoms with van der Waals surface area (Å²) in [6.45, 7) is 4.10. The Hall–Kier alpha value is -3.34. The van der Waals surface area contributed by atoms with E-state index < -0.39 is 11.9 Å². The second-order valence-corrected chi connectivity index (χ2v) is 6.97. The first kappa shape index (κ1) is 21.4. The molecule has 0 radical (unpaired) electrons. The fourth-order valence-electron chi connectivity index (χ4n) is 3.24. The molecule has 0 bridgehead atoms. The summed E-state index contributed by atoms with van der Waals surface area (Å²) >= 11 is 6.15. The van der Waals surface area contributed by atoms with Crippen LogP contribution in [-0.2, 0) is 16.1 Å². The van der Waals surface area contributed by atoms with Crippen LogP contribution in [0.5, 0.6) is 5.75 Å². The van der Waals surface area contributed by atoms with E-state index in [-0.39, 0.29) is 22.8 Å². The van der Waals surface area contributed by atoms with Crippen molar-refractivity contribution in [1.82, 2.24) is 0 Å². The molecule has 0 saturated carbocycles. The van der Waals surface area contributed by atoms with Crippen LogP contribution in [0.25, 0.3) is 5.41 Å². The van der Waals surface area contributed by atoms with Gasteiger partial charge in [0.25, 0.3) is 0 Å². The molecule has 6 nitrogen and oxygen atoms in total. The van der Waals surface area contributed by atoms with Crippen LogP contribution in [0.3, 0.4) is 0 Å². The van der Waals surface area contributed by atoms with Crippen LogP contribution >= 0.6 is 11.6 Å². The number of aliphatic imine (C=N–C) groups is 1. The Bertz CT molecular complexity index is 1070. The van der Waals surface area contributed by atoms with Gasteiger partial charge in [0.15, 0.2) is 0 Å². The monoisotopic (exact) mass is 423 g/mol. The lowest BCUT2D eigenvalue weighted by molar-refractivity contribution is -0.133. The van der Waals surface area contributed by atoms with Crippen LogP contribution in [0, 0.1) is 0 Å². The molecule has 1 N–H and O–H groups in total.